The average molecular weight is 709 g/mol. The van der Waals surface area contributed by atoms with Gasteiger partial charge >= 0.3 is 0 Å². The van der Waals surface area contributed by atoms with Crippen LogP contribution in [-0.2, 0) is 37.9 Å². The first kappa shape index (κ1) is 38.7. The maximum Gasteiger partial charge on any atom is 0.258 e. The number of carbonyl (C=O) groups excluding carboxylic acids is 2. The SMILES string of the molecule is O=C(NCCCCOCC1CO1)c1ccc(OCCCCOCC2CO2)c(C(=O)NCCCCOCC2CO2)c1OCCCCOCC1CO1. The largest absolute Gasteiger partial charge is 0.493 e. The van der Waals surface area contributed by atoms with E-state index in [4.69, 9.17) is 47.4 Å². The van der Waals surface area contributed by atoms with Crippen LogP contribution in [0.1, 0.15) is 72.1 Å². The number of epoxide rings is 4. The fraction of sp³-hybridized carbons (Fsp3) is 0.778. The highest BCUT2D eigenvalue weighted by molar-refractivity contribution is 6.06. The molecule has 4 aliphatic rings. The summed E-state index contributed by atoms with van der Waals surface area (Å²) in [5.41, 5.74) is 0.512. The zero-order chi connectivity index (χ0) is 34.6. The molecule has 282 valence electrons. The van der Waals surface area contributed by atoms with E-state index in [0.29, 0.717) is 91.3 Å². The fourth-order valence-corrected chi connectivity index (χ4v) is 4.96. The lowest BCUT2D eigenvalue weighted by Crippen LogP contribution is -2.29. The molecule has 5 rings (SSSR count). The fourth-order valence-electron chi connectivity index (χ4n) is 4.96. The van der Waals surface area contributed by atoms with Crippen molar-refractivity contribution in [1.29, 1.82) is 0 Å². The smallest absolute Gasteiger partial charge is 0.258 e. The van der Waals surface area contributed by atoms with E-state index in [2.05, 4.69) is 10.6 Å². The maximum atomic E-state index is 13.8. The Labute approximate surface area is 295 Å². The van der Waals surface area contributed by atoms with Crippen LogP contribution in [0.15, 0.2) is 12.1 Å². The summed E-state index contributed by atoms with van der Waals surface area (Å²) >= 11 is 0. The van der Waals surface area contributed by atoms with Gasteiger partial charge in [-0.3, -0.25) is 9.59 Å². The van der Waals surface area contributed by atoms with Crippen molar-refractivity contribution < 1.29 is 57.0 Å². The predicted molar refractivity (Wildman–Crippen MR) is 181 cm³/mol. The molecule has 4 aliphatic heterocycles. The molecule has 0 aromatic heterocycles. The van der Waals surface area contributed by atoms with Crippen LogP contribution in [0.4, 0.5) is 0 Å². The minimum Gasteiger partial charge on any atom is -0.493 e. The molecule has 50 heavy (non-hydrogen) atoms. The van der Waals surface area contributed by atoms with Crippen LogP contribution in [0.25, 0.3) is 0 Å². The van der Waals surface area contributed by atoms with Crippen LogP contribution in [0.3, 0.4) is 0 Å². The van der Waals surface area contributed by atoms with Gasteiger partial charge in [-0.1, -0.05) is 0 Å². The van der Waals surface area contributed by atoms with Crippen molar-refractivity contribution in [2.75, 3.05) is 106 Å². The van der Waals surface area contributed by atoms with Crippen LogP contribution in [0.5, 0.6) is 11.5 Å². The van der Waals surface area contributed by atoms with Crippen LogP contribution in [-0.4, -0.2) is 142 Å². The molecule has 4 unspecified atom stereocenters. The van der Waals surface area contributed by atoms with E-state index in [1.807, 2.05) is 0 Å². The lowest BCUT2D eigenvalue weighted by Gasteiger charge is -2.19. The summed E-state index contributed by atoms with van der Waals surface area (Å²) in [5.74, 6) is -0.0692. The zero-order valence-corrected chi connectivity index (χ0v) is 29.3. The molecule has 2 amide bonds. The standard InChI is InChI=1S/C36H56N2O12/c39-35(37-11-1-3-13-41-19-27-23-47-27)31-9-10-32(45-17-7-5-15-43-21-29-25-49-29)33(34(31)46-18-8-6-16-44-22-30-26-50-30)36(40)38-12-2-4-14-42-20-28-24-48-28/h9-10,27-30H,1-8,11-26H2,(H,37,39)(H,38,40). The summed E-state index contributed by atoms with van der Waals surface area (Å²) in [6.45, 7) is 9.48. The Balaban J connectivity index is 1.17. The number of rotatable bonds is 32. The number of hydrogen-bond donors (Lipinski definition) is 2. The van der Waals surface area contributed by atoms with Gasteiger partial charge in [0.05, 0.1) is 71.6 Å². The molecular formula is C36H56N2O12. The summed E-state index contributed by atoms with van der Waals surface area (Å²) in [4.78, 5) is 27.3. The van der Waals surface area contributed by atoms with E-state index in [-0.39, 0.29) is 53.1 Å². The number of ether oxygens (including phenoxy) is 10. The van der Waals surface area contributed by atoms with Gasteiger partial charge in [-0.25, -0.2) is 0 Å². The quantitative estimate of drug-likeness (QED) is 0.0833. The van der Waals surface area contributed by atoms with Gasteiger partial charge in [-0.15, -0.1) is 0 Å². The van der Waals surface area contributed by atoms with Crippen LogP contribution in [0, 0.1) is 0 Å². The molecule has 0 saturated carbocycles. The molecule has 4 saturated heterocycles. The first-order chi connectivity index (χ1) is 24.7. The normalized spacial score (nSPS) is 21.4. The van der Waals surface area contributed by atoms with Crippen molar-refractivity contribution in [2.45, 2.75) is 75.8 Å². The van der Waals surface area contributed by atoms with Gasteiger partial charge in [0.15, 0.2) is 0 Å². The van der Waals surface area contributed by atoms with Gasteiger partial charge in [-0.2, -0.15) is 0 Å². The van der Waals surface area contributed by atoms with Gasteiger partial charge in [0.1, 0.15) is 41.5 Å². The molecule has 2 N–H and O–H groups in total. The van der Waals surface area contributed by atoms with Crippen molar-refractivity contribution >= 4 is 11.8 Å². The van der Waals surface area contributed by atoms with Crippen LogP contribution < -0.4 is 20.1 Å². The molecule has 4 atom stereocenters. The topological polar surface area (TPSA) is 164 Å². The van der Waals surface area contributed by atoms with E-state index in [1.54, 1.807) is 12.1 Å². The monoisotopic (exact) mass is 708 g/mol. The van der Waals surface area contributed by atoms with Gasteiger partial charge in [0, 0.05) is 39.5 Å². The Hall–Kier alpha value is -2.56. The molecular weight excluding hydrogens is 652 g/mol. The third kappa shape index (κ3) is 16.2. The summed E-state index contributed by atoms with van der Waals surface area (Å²) in [5, 5.41) is 6.01. The molecule has 14 nitrogen and oxygen atoms in total. The molecule has 1 aromatic rings. The summed E-state index contributed by atoms with van der Waals surface area (Å²) < 4.78 is 55.7. The van der Waals surface area contributed by atoms with Gasteiger partial charge in [-0.05, 0) is 63.5 Å². The number of carbonyl (C=O) groups is 2. The lowest BCUT2D eigenvalue weighted by molar-refractivity contribution is 0.0930. The molecule has 1 aromatic carbocycles. The summed E-state index contributed by atoms with van der Waals surface area (Å²) in [6, 6.07) is 3.36. The van der Waals surface area contributed by atoms with Crippen molar-refractivity contribution in [3.8, 4) is 11.5 Å². The molecule has 0 spiro atoms. The maximum absolute atomic E-state index is 13.8. The van der Waals surface area contributed by atoms with Crippen LogP contribution >= 0.6 is 0 Å². The number of hydrogen-bond acceptors (Lipinski definition) is 12. The van der Waals surface area contributed by atoms with E-state index in [0.717, 1.165) is 71.4 Å². The second-order valence-corrected chi connectivity index (χ2v) is 13.0. The number of amides is 2. The van der Waals surface area contributed by atoms with E-state index in [9.17, 15) is 9.59 Å². The number of nitrogens with one attached hydrogen (secondary N) is 2. The number of benzene rings is 1. The van der Waals surface area contributed by atoms with E-state index in [1.165, 1.54) is 0 Å². The van der Waals surface area contributed by atoms with Crippen molar-refractivity contribution in [2.24, 2.45) is 0 Å². The van der Waals surface area contributed by atoms with E-state index < -0.39 is 0 Å². The first-order valence-corrected chi connectivity index (χ1v) is 18.4. The highest BCUT2D eigenvalue weighted by Gasteiger charge is 2.27. The summed E-state index contributed by atoms with van der Waals surface area (Å²) in [7, 11) is 0. The van der Waals surface area contributed by atoms with Gasteiger partial charge in [0.2, 0.25) is 0 Å². The highest BCUT2D eigenvalue weighted by Crippen LogP contribution is 2.33. The summed E-state index contributed by atoms with van der Waals surface area (Å²) in [6.07, 6.45) is 7.01. The molecule has 4 fully saturated rings. The third-order valence-electron chi connectivity index (χ3n) is 8.29. The van der Waals surface area contributed by atoms with Gasteiger partial charge < -0.3 is 58.0 Å². The first-order valence-electron chi connectivity index (χ1n) is 18.4. The van der Waals surface area contributed by atoms with Crippen molar-refractivity contribution in [3.05, 3.63) is 23.3 Å². The average Bonchev–Trinajstić information content (AvgIpc) is 3.92. The Morgan fingerprint density at radius 2 is 0.940 bits per heavy atom. The van der Waals surface area contributed by atoms with E-state index >= 15 is 0 Å². The Morgan fingerprint density at radius 3 is 1.40 bits per heavy atom. The number of unbranched alkanes of at least 4 members (excludes halogenated alkanes) is 4. The molecule has 4 heterocycles. The predicted octanol–water partition coefficient (Wildman–Crippen LogP) is 2.69. The molecule has 0 aliphatic carbocycles. The van der Waals surface area contributed by atoms with Crippen molar-refractivity contribution in [3.63, 3.8) is 0 Å². The molecule has 0 radical (unpaired) electrons. The Morgan fingerprint density at radius 1 is 0.540 bits per heavy atom. The third-order valence-corrected chi connectivity index (χ3v) is 8.29. The minimum absolute atomic E-state index is 0.218. The van der Waals surface area contributed by atoms with Crippen molar-refractivity contribution in [1.82, 2.24) is 10.6 Å². The Kier molecular flexibility index (Phi) is 17.3. The molecule has 0 bridgehead atoms. The minimum atomic E-state index is -0.353. The van der Waals surface area contributed by atoms with Crippen LogP contribution in [0.2, 0.25) is 0 Å². The van der Waals surface area contributed by atoms with Gasteiger partial charge in [0.25, 0.3) is 11.8 Å². The second kappa shape index (κ2) is 22.4. The highest BCUT2D eigenvalue weighted by atomic mass is 16.6. The second-order valence-electron chi connectivity index (χ2n) is 13.0. The Bertz CT molecular complexity index is 1140. The zero-order valence-electron chi connectivity index (χ0n) is 29.3. The molecule has 14 heteroatoms. The lowest BCUT2D eigenvalue weighted by atomic mass is 10.0.